The van der Waals surface area contributed by atoms with Gasteiger partial charge in [0, 0.05) is 35.8 Å². The van der Waals surface area contributed by atoms with Crippen molar-refractivity contribution in [2.45, 2.75) is 20.4 Å². The van der Waals surface area contributed by atoms with Gasteiger partial charge in [-0.1, -0.05) is 30.3 Å². The molecule has 144 valence electrons. The van der Waals surface area contributed by atoms with Crippen molar-refractivity contribution in [2.75, 3.05) is 5.32 Å². The molecule has 0 atom stereocenters. The summed E-state index contributed by atoms with van der Waals surface area (Å²) in [5.41, 5.74) is 5.65. The van der Waals surface area contributed by atoms with Crippen LogP contribution in [0.25, 0.3) is 16.9 Å². The Morgan fingerprint density at radius 1 is 1.03 bits per heavy atom. The average Bonchev–Trinajstić information content (AvgIpc) is 3.42. The molecule has 0 saturated heterocycles. The van der Waals surface area contributed by atoms with Gasteiger partial charge in [0.15, 0.2) is 5.82 Å². The lowest BCUT2D eigenvalue weighted by atomic mass is 10.2. The molecule has 0 aliphatic rings. The third-order valence-corrected chi connectivity index (χ3v) is 4.64. The van der Waals surface area contributed by atoms with Gasteiger partial charge in [-0.15, -0.1) is 0 Å². The highest BCUT2D eigenvalue weighted by Gasteiger charge is 2.12. The smallest absolute Gasteiger partial charge is 0.215 e. The Labute approximate surface area is 167 Å². The van der Waals surface area contributed by atoms with Crippen molar-refractivity contribution in [1.29, 1.82) is 0 Å². The van der Waals surface area contributed by atoms with Crippen LogP contribution in [0.3, 0.4) is 0 Å². The predicted molar refractivity (Wildman–Crippen MR) is 111 cm³/mol. The Morgan fingerprint density at radius 2 is 1.90 bits per heavy atom. The summed E-state index contributed by atoms with van der Waals surface area (Å²) < 4.78 is 3.84. The topological polar surface area (TPSA) is 88.7 Å². The summed E-state index contributed by atoms with van der Waals surface area (Å²) in [6.07, 6.45) is 5.79. The van der Waals surface area contributed by atoms with Gasteiger partial charge in [0.2, 0.25) is 5.95 Å². The van der Waals surface area contributed by atoms with Crippen LogP contribution in [0.15, 0.2) is 61.1 Å². The van der Waals surface area contributed by atoms with Gasteiger partial charge in [-0.2, -0.15) is 10.2 Å². The number of aryl methyl sites for hydroxylation is 2. The minimum absolute atomic E-state index is 0.653. The molecular formula is C21H20N8. The maximum Gasteiger partial charge on any atom is 0.215 e. The lowest BCUT2D eigenvalue weighted by molar-refractivity contribution is 0.687. The normalized spacial score (nSPS) is 11.2. The van der Waals surface area contributed by atoms with Crippen LogP contribution >= 0.6 is 0 Å². The summed E-state index contributed by atoms with van der Waals surface area (Å²) in [6.45, 7) is 4.64. The van der Waals surface area contributed by atoms with E-state index in [4.69, 9.17) is 4.98 Å². The van der Waals surface area contributed by atoms with Crippen LogP contribution in [0.5, 0.6) is 0 Å². The monoisotopic (exact) mass is 384 g/mol. The SMILES string of the molecule is Cc1cn2c(Nc3cc(C)[nH]n3)nc(-c3cnn(Cc4ccccc4)c3)cc2n1. The first-order valence-corrected chi connectivity index (χ1v) is 9.36. The van der Waals surface area contributed by atoms with Gasteiger partial charge in [-0.05, 0) is 19.4 Å². The van der Waals surface area contributed by atoms with Gasteiger partial charge in [-0.3, -0.25) is 14.2 Å². The number of H-pyrrole nitrogens is 1. The van der Waals surface area contributed by atoms with Crippen molar-refractivity contribution < 1.29 is 0 Å². The van der Waals surface area contributed by atoms with Crippen molar-refractivity contribution in [3.8, 4) is 11.3 Å². The summed E-state index contributed by atoms with van der Waals surface area (Å²) in [5, 5.41) is 15.0. The lowest BCUT2D eigenvalue weighted by Gasteiger charge is -2.07. The molecule has 0 radical (unpaired) electrons. The highest BCUT2D eigenvalue weighted by molar-refractivity contribution is 5.66. The van der Waals surface area contributed by atoms with E-state index >= 15 is 0 Å². The van der Waals surface area contributed by atoms with Crippen LogP contribution in [-0.2, 0) is 6.54 Å². The molecule has 0 aliphatic carbocycles. The first-order chi connectivity index (χ1) is 14.1. The number of nitrogens with zero attached hydrogens (tertiary/aromatic N) is 6. The van der Waals surface area contributed by atoms with Gasteiger partial charge >= 0.3 is 0 Å². The Kier molecular flexibility index (Phi) is 4.09. The lowest BCUT2D eigenvalue weighted by Crippen LogP contribution is -2.02. The fourth-order valence-corrected chi connectivity index (χ4v) is 3.30. The molecule has 8 nitrogen and oxygen atoms in total. The molecule has 0 aliphatic heterocycles. The molecule has 0 amide bonds. The number of aromatic amines is 1. The summed E-state index contributed by atoms with van der Waals surface area (Å²) >= 11 is 0. The first kappa shape index (κ1) is 17.2. The Bertz CT molecular complexity index is 1280. The van der Waals surface area contributed by atoms with E-state index in [9.17, 15) is 0 Å². The molecule has 4 aromatic heterocycles. The maximum atomic E-state index is 4.81. The summed E-state index contributed by atoms with van der Waals surface area (Å²) in [7, 11) is 0. The van der Waals surface area contributed by atoms with E-state index in [1.165, 1.54) is 5.56 Å². The molecule has 1 aromatic carbocycles. The number of benzene rings is 1. The predicted octanol–water partition coefficient (Wildman–Crippen LogP) is 3.72. The quantitative estimate of drug-likeness (QED) is 0.482. The number of aromatic nitrogens is 7. The number of fused-ring (bicyclic) bond motifs is 1. The summed E-state index contributed by atoms with van der Waals surface area (Å²) in [4.78, 5) is 9.42. The number of hydrogen-bond acceptors (Lipinski definition) is 5. The van der Waals surface area contributed by atoms with E-state index in [0.29, 0.717) is 18.3 Å². The number of imidazole rings is 1. The average molecular weight is 384 g/mol. The van der Waals surface area contributed by atoms with Crippen molar-refractivity contribution in [1.82, 2.24) is 34.3 Å². The zero-order valence-corrected chi connectivity index (χ0v) is 16.2. The molecule has 2 N–H and O–H groups in total. The van der Waals surface area contributed by atoms with Gasteiger partial charge in [0.25, 0.3) is 0 Å². The molecule has 5 aromatic rings. The molecule has 5 rings (SSSR count). The molecule has 29 heavy (non-hydrogen) atoms. The van der Waals surface area contributed by atoms with Gasteiger partial charge in [0.1, 0.15) is 5.65 Å². The molecule has 0 spiro atoms. The zero-order valence-electron chi connectivity index (χ0n) is 16.2. The third-order valence-electron chi connectivity index (χ3n) is 4.64. The zero-order chi connectivity index (χ0) is 19.8. The second kappa shape index (κ2) is 6.90. The van der Waals surface area contributed by atoms with Crippen LogP contribution < -0.4 is 5.32 Å². The van der Waals surface area contributed by atoms with Crippen LogP contribution in [0.2, 0.25) is 0 Å². The van der Waals surface area contributed by atoms with Gasteiger partial charge in [0.05, 0.1) is 24.1 Å². The molecule has 0 bridgehead atoms. The van der Waals surface area contributed by atoms with Gasteiger partial charge in [-0.25, -0.2) is 9.97 Å². The minimum atomic E-state index is 0.653. The van der Waals surface area contributed by atoms with Crippen LogP contribution in [-0.4, -0.2) is 34.3 Å². The number of hydrogen-bond donors (Lipinski definition) is 2. The van der Waals surface area contributed by atoms with Crippen LogP contribution in [0.4, 0.5) is 11.8 Å². The van der Waals surface area contributed by atoms with E-state index < -0.39 is 0 Å². The molecule has 4 heterocycles. The molecule has 0 unspecified atom stereocenters. The van der Waals surface area contributed by atoms with E-state index in [2.05, 4.69) is 37.7 Å². The standard InChI is InChI=1S/C21H20N8/c1-14-8-19(27-26-14)25-21-24-18(9-20-23-15(2)11-29(20)21)17-10-22-28(13-17)12-16-6-4-3-5-7-16/h3-11,13H,12H2,1-2H3,(H2,24,25,26,27). The van der Waals surface area contributed by atoms with Crippen molar-refractivity contribution in [3.05, 3.63) is 78.0 Å². The fourth-order valence-electron chi connectivity index (χ4n) is 3.30. The van der Waals surface area contributed by atoms with E-state index in [-0.39, 0.29) is 0 Å². The van der Waals surface area contributed by atoms with Crippen LogP contribution in [0.1, 0.15) is 17.0 Å². The first-order valence-electron chi connectivity index (χ1n) is 9.36. The Morgan fingerprint density at radius 3 is 2.69 bits per heavy atom. The molecular weight excluding hydrogens is 364 g/mol. The van der Waals surface area contributed by atoms with E-state index in [1.54, 1.807) is 0 Å². The van der Waals surface area contributed by atoms with Crippen molar-refractivity contribution >= 4 is 17.4 Å². The Hall–Kier alpha value is -3.94. The number of rotatable bonds is 5. The summed E-state index contributed by atoms with van der Waals surface area (Å²) in [5.74, 6) is 1.36. The van der Waals surface area contributed by atoms with Crippen LogP contribution in [0, 0.1) is 13.8 Å². The highest BCUT2D eigenvalue weighted by Crippen LogP contribution is 2.23. The summed E-state index contributed by atoms with van der Waals surface area (Å²) in [6, 6.07) is 14.2. The molecule has 0 saturated carbocycles. The second-order valence-corrected chi connectivity index (χ2v) is 7.05. The number of anilines is 2. The number of nitrogens with one attached hydrogen (secondary N) is 2. The third kappa shape index (κ3) is 3.47. The molecule has 0 fully saturated rings. The molecule has 8 heteroatoms. The highest BCUT2D eigenvalue weighted by atomic mass is 15.3. The largest absolute Gasteiger partial charge is 0.308 e. The minimum Gasteiger partial charge on any atom is -0.308 e. The second-order valence-electron chi connectivity index (χ2n) is 7.05. The van der Waals surface area contributed by atoms with Crippen molar-refractivity contribution in [3.63, 3.8) is 0 Å². The Balaban J connectivity index is 1.51. The fraction of sp³-hybridized carbons (Fsp3) is 0.143. The maximum absolute atomic E-state index is 4.81. The van der Waals surface area contributed by atoms with E-state index in [0.717, 1.165) is 28.3 Å². The van der Waals surface area contributed by atoms with E-state index in [1.807, 2.05) is 71.9 Å². The van der Waals surface area contributed by atoms with Crippen molar-refractivity contribution in [2.24, 2.45) is 0 Å². The van der Waals surface area contributed by atoms with Gasteiger partial charge < -0.3 is 5.32 Å².